The molecule has 0 radical (unpaired) electrons. The maximum Gasteiger partial charge on any atom is 0.209 e. The van der Waals surface area contributed by atoms with E-state index >= 15 is 0 Å². The van der Waals surface area contributed by atoms with Gasteiger partial charge in [-0.25, -0.2) is 4.74 Å². The fraction of sp³-hybridized carbons (Fsp3) is 0.0556. The summed E-state index contributed by atoms with van der Waals surface area (Å²) in [6, 6.07) is 56.3. The van der Waals surface area contributed by atoms with Crippen molar-refractivity contribution in [2.75, 3.05) is 13.3 Å². The predicted molar refractivity (Wildman–Crippen MR) is 177 cm³/mol. The molecule has 0 heterocycles. The molecule has 0 saturated heterocycles. The van der Waals surface area contributed by atoms with Crippen molar-refractivity contribution in [3.05, 3.63) is 158 Å². The Morgan fingerprint density at radius 3 is 1.35 bits per heavy atom. The summed E-state index contributed by atoms with van der Waals surface area (Å²) >= 11 is 0. The van der Waals surface area contributed by atoms with Crippen molar-refractivity contribution < 1.29 is 4.74 Å². The van der Waals surface area contributed by atoms with Crippen LogP contribution in [0.4, 0.5) is 11.4 Å². The van der Waals surface area contributed by atoms with Gasteiger partial charge in [0.15, 0.2) is 7.05 Å². The summed E-state index contributed by atoms with van der Waals surface area (Å²) in [6.07, 6.45) is 0. The van der Waals surface area contributed by atoms with Crippen LogP contribution in [0.3, 0.4) is 0 Å². The number of hydrogen-bond donors (Lipinski definition) is 1. The zero-order valence-corrected chi connectivity index (χ0v) is 24.6. The Bertz CT molecular complexity index is 1640. The Kier molecular flexibility index (Phi) is 7.40. The Morgan fingerprint density at radius 1 is 0.450 bits per heavy atom. The molecule has 1 N–H and O–H groups in total. The van der Waals surface area contributed by atoms with E-state index < -0.39 is 14.1 Å². The summed E-state index contributed by atoms with van der Waals surface area (Å²) in [5, 5.41) is 7.54. The zero-order chi connectivity index (χ0) is 27.4. The summed E-state index contributed by atoms with van der Waals surface area (Å²) in [6.45, 7) is 4.71. The minimum absolute atomic E-state index is 1.02. The van der Waals surface area contributed by atoms with Gasteiger partial charge in [0.05, 0.1) is 11.1 Å². The molecule has 0 fully saturated rings. The minimum Gasteiger partial charge on any atom is -0.258 e. The number of benzene rings is 6. The van der Waals surface area contributed by atoms with Gasteiger partial charge in [-0.3, -0.25) is 4.74 Å². The van der Waals surface area contributed by atoms with E-state index in [1.807, 2.05) is 0 Å². The highest BCUT2D eigenvalue weighted by atomic mass is 31.2. The van der Waals surface area contributed by atoms with Crippen LogP contribution < -0.4 is 26.0 Å². The number of fused-ring (bicyclic) bond motifs is 1. The molecule has 2 nitrogen and oxygen atoms in total. The average Bonchev–Trinajstić information content (AvgIpc) is 3.03. The smallest absolute Gasteiger partial charge is 0.209 e. The van der Waals surface area contributed by atoms with Gasteiger partial charge in [0.25, 0.3) is 0 Å². The molecule has 6 aromatic rings. The molecule has 0 aliphatic heterocycles. The molecule has 0 amide bonds. The first-order valence-electron chi connectivity index (χ1n) is 13.6. The van der Waals surface area contributed by atoms with Crippen molar-refractivity contribution in [2.45, 2.75) is 0 Å². The molecule has 0 unspecified atom stereocenters. The molecule has 0 aliphatic carbocycles. The Labute approximate surface area is 237 Å². The zero-order valence-electron chi connectivity index (χ0n) is 22.9. The maximum absolute atomic E-state index is 5.68. The molecular formula is C36H33N2P2+. The van der Waals surface area contributed by atoms with E-state index in [1.165, 1.54) is 32.0 Å². The second kappa shape index (κ2) is 11.3. The summed E-state index contributed by atoms with van der Waals surface area (Å²) in [4.78, 5) is 0. The third-order valence-corrected chi connectivity index (χ3v) is 14.2. The van der Waals surface area contributed by atoms with Crippen molar-refractivity contribution in [3.8, 4) is 0 Å². The Hall–Kier alpha value is -3.96. The van der Waals surface area contributed by atoms with Crippen LogP contribution in [0.1, 0.15) is 0 Å². The molecule has 0 bridgehead atoms. The quantitative estimate of drug-likeness (QED) is 0.211. The van der Waals surface area contributed by atoms with Crippen molar-refractivity contribution in [3.63, 3.8) is 0 Å². The van der Waals surface area contributed by atoms with E-state index in [0.29, 0.717) is 0 Å². The van der Waals surface area contributed by atoms with Gasteiger partial charge in [-0.05, 0) is 53.0 Å². The molecule has 4 heteroatoms. The Balaban J connectivity index is 1.67. The molecule has 6 aromatic carbocycles. The van der Waals surface area contributed by atoms with Crippen LogP contribution in [0.25, 0.3) is 10.8 Å². The number of nitrogens with zero attached hydrogens (tertiary/aromatic N) is 1. The van der Waals surface area contributed by atoms with E-state index in [2.05, 4.69) is 176 Å². The summed E-state index contributed by atoms with van der Waals surface area (Å²) in [7, 11) is -4.05. The lowest BCUT2D eigenvalue weighted by molar-refractivity contribution is -0.325. The normalized spacial score (nSPS) is 11.8. The highest BCUT2D eigenvalue weighted by Crippen LogP contribution is 2.48. The third-order valence-electron chi connectivity index (χ3n) is 7.60. The average molecular weight is 556 g/mol. The van der Waals surface area contributed by atoms with Gasteiger partial charge in [0, 0.05) is 30.4 Å². The van der Waals surface area contributed by atoms with Crippen LogP contribution in [-0.4, -0.2) is 13.3 Å². The van der Waals surface area contributed by atoms with Crippen molar-refractivity contribution in [1.82, 2.24) is 0 Å². The van der Waals surface area contributed by atoms with Gasteiger partial charge in [-0.1, -0.05) is 121 Å². The van der Waals surface area contributed by atoms with Gasteiger partial charge in [-0.15, -0.1) is 0 Å². The van der Waals surface area contributed by atoms with Crippen LogP contribution >= 0.6 is 14.1 Å². The number of hydrogen-bond acceptors (Lipinski definition) is 1. The van der Waals surface area contributed by atoms with E-state index in [0.717, 1.165) is 11.4 Å². The third kappa shape index (κ3) is 5.02. The van der Waals surface area contributed by atoms with Crippen LogP contribution in [0, 0.1) is 0 Å². The molecular weight excluding hydrogens is 522 g/mol. The molecule has 6 rings (SSSR count). The summed E-state index contributed by atoms with van der Waals surface area (Å²) in [5.74, 6) is 0. The predicted octanol–water partition coefficient (Wildman–Crippen LogP) is 7.15. The Morgan fingerprint density at radius 2 is 0.875 bits per heavy atom. The molecule has 196 valence electrons. The number of nitrogens with one attached hydrogen (secondary N) is 1. The molecule has 0 atom stereocenters. The minimum atomic E-state index is -2.08. The maximum atomic E-state index is 5.68. The largest absolute Gasteiger partial charge is 0.258 e. The van der Waals surface area contributed by atoms with E-state index in [1.54, 1.807) is 0 Å². The van der Waals surface area contributed by atoms with Crippen LogP contribution in [-0.2, 0) is 0 Å². The molecule has 40 heavy (non-hydrogen) atoms. The van der Waals surface area contributed by atoms with Gasteiger partial charge in [0.2, 0.25) is 5.69 Å². The van der Waals surface area contributed by atoms with Gasteiger partial charge >= 0.3 is 0 Å². The molecule has 0 aliphatic rings. The first-order valence-corrected chi connectivity index (χ1v) is 18.0. The van der Waals surface area contributed by atoms with Crippen molar-refractivity contribution in [2.24, 2.45) is 4.74 Å². The van der Waals surface area contributed by atoms with Crippen LogP contribution in [0.2, 0.25) is 0 Å². The molecule has 0 saturated carbocycles. The van der Waals surface area contributed by atoms with Crippen LogP contribution in [0.15, 0.2) is 162 Å². The fourth-order valence-electron chi connectivity index (χ4n) is 5.39. The number of rotatable bonds is 6. The lowest BCUT2D eigenvalue weighted by atomic mass is 10.1. The SMILES string of the molecule is CP(=Nc1cccc2cccc([NH+]=P(C)(c3ccccc3)c3ccccc3)c12)(c1ccccc1)c1ccccc1. The van der Waals surface area contributed by atoms with Gasteiger partial charge < -0.3 is 0 Å². The van der Waals surface area contributed by atoms with E-state index in [9.17, 15) is 0 Å². The summed E-state index contributed by atoms with van der Waals surface area (Å²) < 4.78 is 9.78. The van der Waals surface area contributed by atoms with Gasteiger partial charge in [0.1, 0.15) is 0 Å². The lowest BCUT2D eigenvalue weighted by Gasteiger charge is -2.22. The molecule has 0 aromatic heterocycles. The standard InChI is InChI=1S/C36H32N2P2/c1-39(30-19-7-3-8-20-30,31-21-9-4-10-22-31)37-34-27-15-17-29-18-16-28-35(36(29)34)38-40(2,32-23-11-5-12-24-32)33-25-13-6-14-26-33/h3-28H,1-2H3/p+1. The monoisotopic (exact) mass is 555 g/mol. The van der Waals surface area contributed by atoms with Crippen molar-refractivity contribution >= 4 is 57.5 Å². The second-order valence-corrected chi connectivity index (χ2v) is 16.6. The highest BCUT2D eigenvalue weighted by Gasteiger charge is 2.27. The first kappa shape index (κ1) is 26.3. The first-order chi connectivity index (χ1) is 19.6. The van der Waals surface area contributed by atoms with Crippen LogP contribution in [0.5, 0.6) is 0 Å². The summed E-state index contributed by atoms with van der Waals surface area (Å²) in [5.41, 5.74) is 2.14. The van der Waals surface area contributed by atoms with Gasteiger partial charge in [-0.2, -0.15) is 0 Å². The molecule has 0 spiro atoms. The van der Waals surface area contributed by atoms with E-state index in [-0.39, 0.29) is 0 Å². The van der Waals surface area contributed by atoms with Crippen molar-refractivity contribution in [1.29, 1.82) is 0 Å². The lowest BCUT2D eigenvalue weighted by Crippen LogP contribution is -2.62. The fourth-order valence-corrected chi connectivity index (χ4v) is 10.8. The highest BCUT2D eigenvalue weighted by molar-refractivity contribution is 7.80. The topological polar surface area (TPSA) is 26.3 Å². The second-order valence-electron chi connectivity index (χ2n) is 10.2. The van der Waals surface area contributed by atoms with E-state index in [4.69, 9.17) is 4.74 Å².